The lowest BCUT2D eigenvalue weighted by atomic mass is 10.1. The summed E-state index contributed by atoms with van der Waals surface area (Å²) in [5, 5.41) is 2.62. The number of hydrogen-bond acceptors (Lipinski definition) is 4. The molecule has 24 heavy (non-hydrogen) atoms. The van der Waals surface area contributed by atoms with Crippen molar-refractivity contribution in [3.05, 3.63) is 71.7 Å². The average molecular weight is 338 g/mol. The van der Waals surface area contributed by atoms with E-state index in [-0.39, 0.29) is 10.7 Å². The van der Waals surface area contributed by atoms with Crippen LogP contribution in [-0.4, -0.2) is 16.9 Å². The van der Waals surface area contributed by atoms with Crippen molar-refractivity contribution in [1.82, 2.24) is 5.32 Å². The molecule has 0 atom stereocenters. The first-order valence-corrected chi connectivity index (χ1v) is 7.65. The number of furan rings is 1. The minimum absolute atomic E-state index is 0.00733. The van der Waals surface area contributed by atoms with Gasteiger partial charge in [-0.05, 0) is 61.1 Å². The highest BCUT2D eigenvalue weighted by molar-refractivity contribution is 7.80. The average Bonchev–Trinajstić information content (AvgIpc) is 3.03. The van der Waals surface area contributed by atoms with Gasteiger partial charge in [-0.15, -0.1) is 0 Å². The highest BCUT2D eigenvalue weighted by Gasteiger charge is 2.34. The van der Waals surface area contributed by atoms with Crippen molar-refractivity contribution in [2.24, 2.45) is 0 Å². The zero-order chi connectivity index (χ0) is 17.1. The van der Waals surface area contributed by atoms with Gasteiger partial charge in [-0.1, -0.05) is 18.2 Å². The molecule has 2 aromatic rings. The quantitative estimate of drug-likeness (QED) is 0.531. The molecule has 1 aliphatic heterocycles. The normalized spacial score (nSPS) is 17.0. The molecule has 1 fully saturated rings. The molecule has 1 aromatic carbocycles. The van der Waals surface area contributed by atoms with Crippen molar-refractivity contribution in [3.8, 4) is 0 Å². The summed E-state index contributed by atoms with van der Waals surface area (Å²) in [4.78, 5) is 26.1. The molecule has 5 nitrogen and oxygen atoms in total. The summed E-state index contributed by atoms with van der Waals surface area (Å²) >= 11 is 5.15. The SMILES string of the molecule is Cc1cccc(N2C(=O)/C(=C\C=C/c3ccco3)C(=O)NC2=S)c1. The Kier molecular flexibility index (Phi) is 4.39. The van der Waals surface area contributed by atoms with E-state index >= 15 is 0 Å². The number of aryl methyl sites for hydroxylation is 1. The summed E-state index contributed by atoms with van der Waals surface area (Å²) < 4.78 is 5.16. The van der Waals surface area contributed by atoms with E-state index in [1.807, 2.05) is 25.1 Å². The second kappa shape index (κ2) is 6.64. The molecular formula is C18H14N2O3S. The van der Waals surface area contributed by atoms with Crippen molar-refractivity contribution in [1.29, 1.82) is 0 Å². The van der Waals surface area contributed by atoms with Crippen LogP contribution in [0.15, 0.2) is 64.8 Å². The van der Waals surface area contributed by atoms with E-state index < -0.39 is 11.8 Å². The van der Waals surface area contributed by atoms with Crippen LogP contribution in [0.1, 0.15) is 11.3 Å². The van der Waals surface area contributed by atoms with Crippen LogP contribution in [0, 0.1) is 6.92 Å². The van der Waals surface area contributed by atoms with E-state index in [1.54, 1.807) is 36.6 Å². The van der Waals surface area contributed by atoms with Crippen molar-refractivity contribution < 1.29 is 14.0 Å². The van der Waals surface area contributed by atoms with E-state index in [4.69, 9.17) is 16.6 Å². The van der Waals surface area contributed by atoms with Gasteiger partial charge >= 0.3 is 0 Å². The van der Waals surface area contributed by atoms with Gasteiger partial charge in [0, 0.05) is 0 Å². The number of carbonyl (C=O) groups excluding carboxylic acids is 2. The Balaban J connectivity index is 1.91. The van der Waals surface area contributed by atoms with E-state index in [0.29, 0.717) is 11.4 Å². The van der Waals surface area contributed by atoms with Crippen LogP contribution in [0.2, 0.25) is 0 Å². The van der Waals surface area contributed by atoms with Crippen LogP contribution in [0.5, 0.6) is 0 Å². The Morgan fingerprint density at radius 3 is 2.75 bits per heavy atom. The second-order valence-electron chi connectivity index (χ2n) is 5.19. The minimum Gasteiger partial charge on any atom is -0.465 e. The fraction of sp³-hybridized carbons (Fsp3) is 0.0556. The highest BCUT2D eigenvalue weighted by Crippen LogP contribution is 2.21. The predicted molar refractivity (Wildman–Crippen MR) is 95.2 cm³/mol. The monoisotopic (exact) mass is 338 g/mol. The van der Waals surface area contributed by atoms with Gasteiger partial charge < -0.3 is 4.42 Å². The number of rotatable bonds is 3. The van der Waals surface area contributed by atoms with Crippen LogP contribution in [-0.2, 0) is 9.59 Å². The van der Waals surface area contributed by atoms with Gasteiger partial charge in [0.05, 0.1) is 12.0 Å². The van der Waals surface area contributed by atoms with Crippen molar-refractivity contribution in [3.63, 3.8) is 0 Å². The summed E-state index contributed by atoms with van der Waals surface area (Å²) in [5.41, 5.74) is 1.61. The molecule has 0 unspecified atom stereocenters. The number of nitrogens with one attached hydrogen (secondary N) is 1. The first-order valence-electron chi connectivity index (χ1n) is 7.24. The Labute approximate surface area is 144 Å². The number of thiocarbonyl (C=S) groups is 1. The summed E-state index contributed by atoms with van der Waals surface area (Å²) in [7, 11) is 0. The number of anilines is 1. The van der Waals surface area contributed by atoms with Crippen LogP contribution in [0.4, 0.5) is 5.69 Å². The molecule has 0 bridgehead atoms. The maximum Gasteiger partial charge on any atom is 0.270 e. The summed E-state index contributed by atoms with van der Waals surface area (Å²) in [6.45, 7) is 1.92. The van der Waals surface area contributed by atoms with Crippen LogP contribution < -0.4 is 10.2 Å². The molecule has 2 amide bonds. The molecule has 1 N–H and O–H groups in total. The largest absolute Gasteiger partial charge is 0.465 e. The van der Waals surface area contributed by atoms with Gasteiger partial charge in [0.1, 0.15) is 11.3 Å². The predicted octanol–water partition coefficient (Wildman–Crippen LogP) is 2.98. The number of amides is 2. The maximum absolute atomic E-state index is 12.7. The van der Waals surface area contributed by atoms with Gasteiger partial charge in [-0.3, -0.25) is 19.8 Å². The molecule has 1 aliphatic rings. The molecule has 0 saturated carbocycles. The maximum atomic E-state index is 12.7. The molecule has 1 saturated heterocycles. The zero-order valence-electron chi connectivity index (χ0n) is 12.9. The molecule has 3 rings (SSSR count). The van der Waals surface area contributed by atoms with Gasteiger partial charge in [-0.25, -0.2) is 0 Å². The summed E-state index contributed by atoms with van der Waals surface area (Å²) in [5.74, 6) is -0.349. The third-order valence-electron chi connectivity index (χ3n) is 3.43. The topological polar surface area (TPSA) is 62.6 Å². The zero-order valence-corrected chi connectivity index (χ0v) is 13.7. The summed E-state index contributed by atoms with van der Waals surface area (Å²) in [6.07, 6.45) is 6.25. The smallest absolute Gasteiger partial charge is 0.270 e. The summed E-state index contributed by atoms with van der Waals surface area (Å²) in [6, 6.07) is 10.9. The molecular weight excluding hydrogens is 324 g/mol. The highest BCUT2D eigenvalue weighted by atomic mass is 32.1. The molecule has 0 radical (unpaired) electrons. The van der Waals surface area contributed by atoms with Crippen molar-refractivity contribution in [2.45, 2.75) is 6.92 Å². The third kappa shape index (κ3) is 3.18. The van der Waals surface area contributed by atoms with E-state index in [9.17, 15) is 9.59 Å². The lowest BCUT2D eigenvalue weighted by molar-refractivity contribution is -0.122. The van der Waals surface area contributed by atoms with Crippen LogP contribution in [0.3, 0.4) is 0 Å². The minimum atomic E-state index is -0.516. The molecule has 2 heterocycles. The first-order chi connectivity index (χ1) is 11.6. The van der Waals surface area contributed by atoms with E-state index in [2.05, 4.69) is 5.32 Å². The van der Waals surface area contributed by atoms with Gasteiger partial charge in [0.15, 0.2) is 5.11 Å². The number of carbonyl (C=O) groups is 2. The lowest BCUT2D eigenvalue weighted by Gasteiger charge is -2.28. The Morgan fingerprint density at radius 1 is 1.21 bits per heavy atom. The van der Waals surface area contributed by atoms with Gasteiger partial charge in [0.25, 0.3) is 11.8 Å². The van der Waals surface area contributed by atoms with Crippen LogP contribution >= 0.6 is 12.2 Å². The van der Waals surface area contributed by atoms with Gasteiger partial charge in [-0.2, -0.15) is 0 Å². The van der Waals surface area contributed by atoms with E-state index in [1.165, 1.54) is 11.0 Å². The molecule has 120 valence electrons. The fourth-order valence-electron chi connectivity index (χ4n) is 2.30. The molecule has 1 aromatic heterocycles. The third-order valence-corrected chi connectivity index (χ3v) is 3.71. The standard InChI is InChI=1S/C18H14N2O3S/c1-12-5-2-6-13(11-12)20-17(22)15(16(21)19-18(20)24)9-3-7-14-8-4-10-23-14/h2-11H,1H3,(H,19,21,24)/b7-3-,15-9-. The molecule has 6 heteroatoms. The Hall–Kier alpha value is -2.99. The van der Waals surface area contributed by atoms with Crippen molar-refractivity contribution >= 4 is 40.9 Å². The Morgan fingerprint density at radius 2 is 2.04 bits per heavy atom. The first kappa shape index (κ1) is 15.9. The molecule has 0 spiro atoms. The fourth-order valence-corrected chi connectivity index (χ4v) is 2.58. The van der Waals surface area contributed by atoms with Gasteiger partial charge in [0.2, 0.25) is 0 Å². The van der Waals surface area contributed by atoms with E-state index in [0.717, 1.165) is 5.56 Å². The molecule has 0 aliphatic carbocycles. The van der Waals surface area contributed by atoms with Crippen molar-refractivity contribution in [2.75, 3.05) is 4.90 Å². The van der Waals surface area contributed by atoms with Crippen LogP contribution in [0.25, 0.3) is 6.08 Å². The Bertz CT molecular complexity index is 866. The number of benzene rings is 1. The number of allylic oxidation sites excluding steroid dienone is 2. The number of hydrogen-bond donors (Lipinski definition) is 1. The second-order valence-corrected chi connectivity index (χ2v) is 5.58. The number of nitrogens with zero attached hydrogens (tertiary/aromatic N) is 1. The lowest BCUT2D eigenvalue weighted by Crippen LogP contribution is -2.54.